The first-order valence-corrected chi connectivity index (χ1v) is 13.6. The highest BCUT2D eigenvalue weighted by molar-refractivity contribution is 6.35. The van der Waals surface area contributed by atoms with E-state index in [2.05, 4.69) is 34.2 Å². The molecule has 0 amide bonds. The van der Waals surface area contributed by atoms with Gasteiger partial charge in [0.05, 0.1) is 16.8 Å². The Labute approximate surface area is 223 Å². The second-order valence-corrected chi connectivity index (χ2v) is 11.1. The van der Waals surface area contributed by atoms with Gasteiger partial charge in [-0.15, -0.1) is 0 Å². The average molecular weight is 539 g/mol. The number of carboxylic acids is 1. The van der Waals surface area contributed by atoms with Crippen molar-refractivity contribution < 1.29 is 9.90 Å². The van der Waals surface area contributed by atoms with Gasteiger partial charge in [0.1, 0.15) is 6.04 Å². The number of benzene rings is 2. The van der Waals surface area contributed by atoms with E-state index in [0.29, 0.717) is 27.0 Å². The molecular formula is C27H34Cl3N3O2. The van der Waals surface area contributed by atoms with Crippen molar-refractivity contribution in [2.24, 2.45) is 0 Å². The molecule has 2 heterocycles. The summed E-state index contributed by atoms with van der Waals surface area (Å²) in [6.07, 6.45) is 4.38. The number of aliphatic carboxylic acids is 1. The predicted molar refractivity (Wildman–Crippen MR) is 145 cm³/mol. The fourth-order valence-electron chi connectivity index (χ4n) is 5.46. The molecule has 0 bridgehead atoms. The Balaban J connectivity index is 1.38. The molecule has 0 spiro atoms. The third-order valence-corrected chi connectivity index (χ3v) is 8.53. The van der Waals surface area contributed by atoms with Gasteiger partial charge in [-0.3, -0.25) is 14.6 Å². The van der Waals surface area contributed by atoms with E-state index in [-0.39, 0.29) is 6.04 Å². The summed E-state index contributed by atoms with van der Waals surface area (Å²) in [6.45, 7) is 7.65. The molecule has 0 aromatic heterocycles. The molecule has 8 heteroatoms. The fraction of sp³-hybridized carbons (Fsp3) is 0.519. The van der Waals surface area contributed by atoms with Crippen LogP contribution in [0.3, 0.4) is 0 Å². The normalized spacial score (nSPS) is 22.0. The van der Waals surface area contributed by atoms with E-state index in [1.165, 1.54) is 5.56 Å². The lowest BCUT2D eigenvalue weighted by Crippen LogP contribution is -2.53. The SMILES string of the molecule is CC(Nc1cc(C2CCN(C3CCCN(C(C)C(=O)O)C3)CC2)ccc1Cl)c1ccc(Cl)cc1Cl. The maximum absolute atomic E-state index is 11.4. The molecule has 0 saturated carbocycles. The number of likely N-dealkylation sites (tertiary alicyclic amines) is 2. The van der Waals surface area contributed by atoms with Crippen molar-refractivity contribution in [3.63, 3.8) is 0 Å². The van der Waals surface area contributed by atoms with Crippen LogP contribution in [0.5, 0.6) is 0 Å². The molecule has 4 rings (SSSR count). The summed E-state index contributed by atoms with van der Waals surface area (Å²) in [6, 6.07) is 11.9. The van der Waals surface area contributed by atoms with Gasteiger partial charge in [-0.1, -0.05) is 46.9 Å². The molecule has 35 heavy (non-hydrogen) atoms. The van der Waals surface area contributed by atoms with Gasteiger partial charge in [-0.2, -0.15) is 0 Å². The quantitative estimate of drug-likeness (QED) is 0.400. The summed E-state index contributed by atoms with van der Waals surface area (Å²) in [4.78, 5) is 16.1. The summed E-state index contributed by atoms with van der Waals surface area (Å²) in [5.74, 6) is -0.250. The average Bonchev–Trinajstić information content (AvgIpc) is 2.85. The van der Waals surface area contributed by atoms with Gasteiger partial charge in [0.2, 0.25) is 0 Å². The van der Waals surface area contributed by atoms with Crippen LogP contribution in [0, 0.1) is 0 Å². The van der Waals surface area contributed by atoms with Gasteiger partial charge in [0.25, 0.3) is 0 Å². The third-order valence-electron chi connectivity index (χ3n) is 7.64. The molecule has 2 aromatic rings. The van der Waals surface area contributed by atoms with E-state index in [0.717, 1.165) is 63.1 Å². The second kappa shape index (κ2) is 11.7. The molecule has 5 nitrogen and oxygen atoms in total. The molecule has 2 aliphatic rings. The van der Waals surface area contributed by atoms with Crippen molar-refractivity contribution in [3.05, 3.63) is 62.6 Å². The smallest absolute Gasteiger partial charge is 0.320 e. The highest BCUT2D eigenvalue weighted by atomic mass is 35.5. The Kier molecular flexibility index (Phi) is 8.88. The minimum absolute atomic E-state index is 0.0168. The zero-order chi connectivity index (χ0) is 25.1. The highest BCUT2D eigenvalue weighted by Gasteiger charge is 2.32. The van der Waals surface area contributed by atoms with Crippen molar-refractivity contribution in [2.75, 3.05) is 31.5 Å². The van der Waals surface area contributed by atoms with Crippen molar-refractivity contribution in [2.45, 2.75) is 63.6 Å². The van der Waals surface area contributed by atoms with Gasteiger partial charge in [-0.05, 0) is 100 Å². The minimum Gasteiger partial charge on any atom is -0.480 e. The van der Waals surface area contributed by atoms with Gasteiger partial charge in [-0.25, -0.2) is 0 Å². The number of hydrogen-bond donors (Lipinski definition) is 2. The lowest BCUT2D eigenvalue weighted by Gasteiger charge is -2.43. The van der Waals surface area contributed by atoms with Crippen molar-refractivity contribution in [3.8, 4) is 0 Å². The lowest BCUT2D eigenvalue weighted by molar-refractivity contribution is -0.143. The molecule has 2 aliphatic heterocycles. The molecule has 0 radical (unpaired) electrons. The summed E-state index contributed by atoms with van der Waals surface area (Å²) in [7, 11) is 0. The topological polar surface area (TPSA) is 55.8 Å². The van der Waals surface area contributed by atoms with E-state index in [1.807, 2.05) is 18.2 Å². The highest BCUT2D eigenvalue weighted by Crippen LogP contribution is 2.36. The molecule has 0 aliphatic carbocycles. The molecule has 2 saturated heterocycles. The number of piperidine rings is 2. The van der Waals surface area contributed by atoms with E-state index in [9.17, 15) is 9.90 Å². The van der Waals surface area contributed by atoms with Crippen LogP contribution >= 0.6 is 34.8 Å². The van der Waals surface area contributed by atoms with Crippen LogP contribution in [0.2, 0.25) is 15.1 Å². The lowest BCUT2D eigenvalue weighted by atomic mass is 9.87. The summed E-state index contributed by atoms with van der Waals surface area (Å²) in [5.41, 5.74) is 3.19. The zero-order valence-corrected chi connectivity index (χ0v) is 22.6. The van der Waals surface area contributed by atoms with Gasteiger partial charge in [0, 0.05) is 22.6 Å². The van der Waals surface area contributed by atoms with E-state index in [1.54, 1.807) is 13.0 Å². The van der Waals surface area contributed by atoms with Crippen molar-refractivity contribution in [1.82, 2.24) is 9.80 Å². The molecule has 3 atom stereocenters. The number of nitrogens with one attached hydrogen (secondary N) is 1. The summed E-state index contributed by atoms with van der Waals surface area (Å²) < 4.78 is 0. The maximum Gasteiger partial charge on any atom is 0.320 e. The summed E-state index contributed by atoms with van der Waals surface area (Å²) >= 11 is 19.0. The van der Waals surface area contributed by atoms with Gasteiger partial charge < -0.3 is 10.4 Å². The molecular weight excluding hydrogens is 505 g/mol. The molecule has 2 aromatic carbocycles. The Morgan fingerprint density at radius 1 is 1.00 bits per heavy atom. The molecule has 2 N–H and O–H groups in total. The Bertz CT molecular complexity index is 1040. The number of nitrogens with zero attached hydrogens (tertiary/aromatic N) is 2. The van der Waals surface area contributed by atoms with Gasteiger partial charge in [0.15, 0.2) is 0 Å². The van der Waals surface area contributed by atoms with Crippen LogP contribution in [-0.2, 0) is 4.79 Å². The first kappa shape index (κ1) is 26.6. The van der Waals surface area contributed by atoms with Crippen LogP contribution in [-0.4, -0.2) is 59.1 Å². The predicted octanol–water partition coefficient (Wildman–Crippen LogP) is 6.94. The summed E-state index contributed by atoms with van der Waals surface area (Å²) in [5, 5.41) is 14.9. The molecule has 2 fully saturated rings. The first-order chi connectivity index (χ1) is 16.7. The maximum atomic E-state index is 11.4. The van der Waals surface area contributed by atoms with Crippen LogP contribution in [0.15, 0.2) is 36.4 Å². The number of halogens is 3. The third kappa shape index (κ3) is 6.44. The van der Waals surface area contributed by atoms with E-state index in [4.69, 9.17) is 34.8 Å². The Morgan fingerprint density at radius 3 is 2.43 bits per heavy atom. The Hall–Kier alpha value is -1.50. The van der Waals surface area contributed by atoms with E-state index >= 15 is 0 Å². The van der Waals surface area contributed by atoms with Crippen LogP contribution in [0.4, 0.5) is 5.69 Å². The Morgan fingerprint density at radius 2 is 1.74 bits per heavy atom. The van der Waals surface area contributed by atoms with Crippen LogP contribution < -0.4 is 5.32 Å². The zero-order valence-electron chi connectivity index (χ0n) is 20.3. The van der Waals surface area contributed by atoms with Crippen LogP contribution in [0.1, 0.15) is 62.6 Å². The second-order valence-electron chi connectivity index (χ2n) is 9.89. The number of carboxylic acid groups (broad SMARTS) is 1. The van der Waals surface area contributed by atoms with Gasteiger partial charge >= 0.3 is 5.97 Å². The van der Waals surface area contributed by atoms with Crippen molar-refractivity contribution in [1.29, 1.82) is 0 Å². The fourth-order valence-corrected chi connectivity index (χ4v) is 6.20. The van der Waals surface area contributed by atoms with Crippen molar-refractivity contribution >= 4 is 46.5 Å². The largest absolute Gasteiger partial charge is 0.480 e. The van der Waals surface area contributed by atoms with E-state index < -0.39 is 12.0 Å². The minimum atomic E-state index is -0.732. The number of carbonyl (C=O) groups is 1. The standard InChI is InChI=1S/C27H34Cl3N3O2/c1-17(23-7-6-21(28)15-25(23)30)31-26-14-20(5-8-24(26)29)19-9-12-32(13-10-19)22-4-3-11-33(16-22)18(2)27(34)35/h5-8,14-15,17-19,22,31H,3-4,9-13,16H2,1-2H3,(H,34,35). The monoisotopic (exact) mass is 537 g/mol. The van der Waals surface area contributed by atoms with Crippen LogP contribution in [0.25, 0.3) is 0 Å². The number of hydrogen-bond acceptors (Lipinski definition) is 4. The molecule has 190 valence electrons. The first-order valence-electron chi connectivity index (χ1n) is 12.4. The number of rotatable bonds is 7. The number of anilines is 1. The molecule has 3 unspecified atom stereocenters.